The summed E-state index contributed by atoms with van der Waals surface area (Å²) in [5.41, 5.74) is 3.86. The van der Waals surface area contributed by atoms with Crippen LogP contribution in [0.4, 0.5) is 17.3 Å². The summed E-state index contributed by atoms with van der Waals surface area (Å²) in [5.74, 6) is 1.62. The largest absolute Gasteiger partial charge is 0.673 e. The normalized spacial score (nSPS) is 31.2. The topological polar surface area (TPSA) is 0 Å². The fourth-order valence-electron chi connectivity index (χ4n) is 6.40. The number of hydrogen-bond acceptors (Lipinski definition) is 1. The van der Waals surface area contributed by atoms with E-state index < -0.39 is 15.2 Å². The molecule has 2 aromatic rings. The molecular weight excluding hydrogens is 608 g/mol. The van der Waals surface area contributed by atoms with Crippen molar-refractivity contribution in [2.75, 3.05) is 0 Å². The molecule has 2 aliphatic carbocycles. The number of halogens is 4. The minimum absolute atomic E-state index is 0. The van der Waals surface area contributed by atoms with Crippen LogP contribution in [0.1, 0.15) is 59.8 Å². The molecule has 2 bridgehead atoms. The Bertz CT molecular complexity index is 1020. The Morgan fingerprint density at radius 2 is 1.14 bits per heavy atom. The van der Waals surface area contributed by atoms with Crippen molar-refractivity contribution in [3.05, 3.63) is 48.6 Å². The van der Waals surface area contributed by atoms with Crippen molar-refractivity contribution in [3.63, 3.8) is 0 Å². The summed E-state index contributed by atoms with van der Waals surface area (Å²) in [6.45, 7) is 10.2. The fourth-order valence-corrected chi connectivity index (χ4v) is 17.7. The monoisotopic (exact) mass is 646 g/mol. The standard InChI is InChI=1S/C20H28P2S.C7H8.BF4.Rh/c1-13-9-10-14(2)21(13)19-17-7-5-6-8-18(17)23-20(19)22-15(3)11-12-16(22)4;1-2-7-4-3-6(1)5-7;2-1(3,4)5;/h5-8,13-16H,9-12H2,1-4H3;1-4,6-7H,5H2;;/q;;-1;/p+2/t13-,14-,15-,16-;;;/m0.../s1. The van der Waals surface area contributed by atoms with Gasteiger partial charge in [-0.2, -0.15) is 0 Å². The minimum Gasteiger partial charge on any atom is -0.418 e. The third kappa shape index (κ3) is 7.31. The first-order valence-corrected chi connectivity index (χ1v) is 17.1. The van der Waals surface area contributed by atoms with E-state index in [2.05, 4.69) is 87.6 Å². The molecule has 0 N–H and O–H groups in total. The van der Waals surface area contributed by atoms with Gasteiger partial charge in [0.15, 0.2) is 9.92 Å². The Morgan fingerprint density at radius 1 is 0.722 bits per heavy atom. The van der Waals surface area contributed by atoms with Crippen LogP contribution >= 0.6 is 27.2 Å². The number of benzene rings is 1. The molecule has 0 saturated carbocycles. The maximum absolute atomic E-state index is 9.75. The molecule has 36 heavy (non-hydrogen) atoms. The van der Waals surface area contributed by atoms with E-state index in [9.17, 15) is 17.3 Å². The molecule has 0 nitrogen and oxygen atoms in total. The smallest absolute Gasteiger partial charge is 0.418 e. The molecule has 1 aromatic heterocycles. The molecule has 6 rings (SSSR count). The molecule has 201 valence electrons. The number of fused-ring (bicyclic) bond motifs is 3. The molecule has 0 amide bonds. The van der Waals surface area contributed by atoms with Gasteiger partial charge in [-0.25, -0.2) is 0 Å². The number of allylic oxidation sites excluding steroid dienone is 4. The molecule has 2 fully saturated rings. The number of hydrogen-bond donors (Lipinski definition) is 0. The molecule has 2 saturated heterocycles. The quantitative estimate of drug-likeness (QED) is 0.133. The van der Waals surface area contributed by atoms with E-state index in [-0.39, 0.29) is 27.4 Å². The second-order valence-electron chi connectivity index (χ2n) is 10.8. The van der Waals surface area contributed by atoms with Gasteiger partial charge in [0.2, 0.25) is 0 Å². The first-order valence-electron chi connectivity index (χ1n) is 13.0. The average molecular weight is 646 g/mol. The molecule has 1 radical (unpaired) electrons. The van der Waals surface area contributed by atoms with Crippen molar-refractivity contribution in [1.82, 2.24) is 0 Å². The van der Waals surface area contributed by atoms with Crippen molar-refractivity contribution >= 4 is 54.4 Å². The van der Waals surface area contributed by atoms with Gasteiger partial charge in [-0.05, 0) is 83.8 Å². The van der Waals surface area contributed by atoms with Crippen LogP contribution in [0.15, 0.2) is 48.6 Å². The molecule has 4 atom stereocenters. The Morgan fingerprint density at radius 3 is 1.56 bits per heavy atom. The summed E-state index contributed by atoms with van der Waals surface area (Å²) >= 11 is 2.19. The molecule has 2 aliphatic heterocycles. The van der Waals surface area contributed by atoms with Crippen molar-refractivity contribution in [2.45, 2.75) is 82.4 Å². The first-order chi connectivity index (χ1) is 16.5. The second kappa shape index (κ2) is 12.9. The van der Waals surface area contributed by atoms with Crippen LogP contribution in [0.2, 0.25) is 0 Å². The van der Waals surface area contributed by atoms with Gasteiger partial charge >= 0.3 is 7.25 Å². The molecule has 9 heteroatoms. The molecule has 1 aromatic carbocycles. The predicted octanol–water partition coefficient (Wildman–Crippen LogP) is 8.77. The van der Waals surface area contributed by atoms with Gasteiger partial charge in [-0.3, -0.25) is 0 Å². The van der Waals surface area contributed by atoms with Gasteiger partial charge in [-0.15, -0.1) is 0 Å². The van der Waals surface area contributed by atoms with Crippen LogP contribution in [0, 0.1) is 11.8 Å². The molecular formula is C27H38BF4P2RhS+. The van der Waals surface area contributed by atoms with E-state index in [1.807, 2.05) is 9.92 Å². The second-order valence-corrected chi connectivity index (χ2v) is 19.0. The molecule has 4 aliphatic rings. The van der Waals surface area contributed by atoms with E-state index in [4.69, 9.17) is 0 Å². The van der Waals surface area contributed by atoms with Gasteiger partial charge < -0.3 is 17.3 Å². The maximum atomic E-state index is 9.75. The molecule has 0 spiro atoms. The summed E-state index contributed by atoms with van der Waals surface area (Å²) < 4.78 is 42.5. The summed E-state index contributed by atoms with van der Waals surface area (Å²) in [4.78, 5) is 0. The summed E-state index contributed by atoms with van der Waals surface area (Å²) in [5, 5.41) is 3.55. The summed E-state index contributed by atoms with van der Waals surface area (Å²) in [7, 11) is -6.78. The van der Waals surface area contributed by atoms with Gasteiger partial charge in [-0.1, -0.05) is 47.8 Å². The minimum atomic E-state index is -6.00. The van der Waals surface area contributed by atoms with Crippen LogP contribution < -0.4 is 9.92 Å². The third-order valence-electron chi connectivity index (χ3n) is 8.09. The third-order valence-corrected chi connectivity index (χ3v) is 17.8. The van der Waals surface area contributed by atoms with Crippen molar-refractivity contribution in [3.8, 4) is 0 Å². The van der Waals surface area contributed by atoms with E-state index >= 15 is 0 Å². The Hall–Kier alpha value is -0.0717. The number of rotatable bonds is 2. The SMILES string of the molecule is C1=CC2C=CC1C2.C[C@H]1CC[C@H](C)[PH+]1c1sc2ccccc2c1[PH+]1[C@@H](C)CC[C@@H]1C.F[B-](F)(F)F.[Rh]. The van der Waals surface area contributed by atoms with E-state index in [0.717, 1.165) is 34.5 Å². The Labute approximate surface area is 233 Å². The van der Waals surface area contributed by atoms with E-state index in [1.54, 1.807) is 10.1 Å². The van der Waals surface area contributed by atoms with Crippen LogP contribution in [-0.4, -0.2) is 29.9 Å². The van der Waals surface area contributed by atoms with Crippen molar-refractivity contribution in [1.29, 1.82) is 0 Å². The van der Waals surface area contributed by atoms with Crippen molar-refractivity contribution < 1.29 is 36.7 Å². The average Bonchev–Trinajstić information content (AvgIpc) is 3.60. The van der Waals surface area contributed by atoms with Gasteiger partial charge in [0, 0.05) is 37.5 Å². The van der Waals surface area contributed by atoms with Crippen LogP contribution in [0.5, 0.6) is 0 Å². The van der Waals surface area contributed by atoms with Gasteiger partial charge in [0.25, 0.3) is 0 Å². The Balaban J connectivity index is 0.000000228. The fraction of sp³-hybridized carbons (Fsp3) is 0.556. The van der Waals surface area contributed by atoms with Gasteiger partial charge in [0.05, 0.1) is 30.6 Å². The zero-order valence-corrected chi connectivity index (χ0v) is 25.9. The van der Waals surface area contributed by atoms with E-state index in [0.29, 0.717) is 0 Å². The van der Waals surface area contributed by atoms with Crippen LogP contribution in [-0.2, 0) is 19.5 Å². The predicted molar refractivity (Wildman–Crippen MR) is 154 cm³/mol. The summed E-state index contributed by atoms with van der Waals surface area (Å²) in [6, 6.07) is 9.33. The van der Waals surface area contributed by atoms with Crippen molar-refractivity contribution in [2.24, 2.45) is 11.8 Å². The zero-order valence-electron chi connectivity index (χ0n) is 21.4. The van der Waals surface area contributed by atoms with E-state index in [1.165, 1.54) is 32.1 Å². The van der Waals surface area contributed by atoms with Crippen LogP contribution in [0.25, 0.3) is 10.1 Å². The first kappa shape index (κ1) is 30.5. The number of thiophene rings is 1. The molecule has 0 unspecified atom stereocenters. The maximum Gasteiger partial charge on any atom is 0.673 e. The Kier molecular flexibility index (Phi) is 10.9. The van der Waals surface area contributed by atoms with Gasteiger partial charge in [0.1, 0.15) is 0 Å². The zero-order chi connectivity index (χ0) is 25.3. The van der Waals surface area contributed by atoms with Crippen LogP contribution in [0.3, 0.4) is 0 Å². The summed E-state index contributed by atoms with van der Waals surface area (Å²) in [6.07, 6.45) is 16.4. The molecule has 3 heterocycles.